The maximum atomic E-state index is 12.4. The van der Waals surface area contributed by atoms with Crippen LogP contribution in [0.1, 0.15) is 37.7 Å². The van der Waals surface area contributed by atoms with Crippen LogP contribution < -0.4 is 16.2 Å². The second kappa shape index (κ2) is 8.51. The summed E-state index contributed by atoms with van der Waals surface area (Å²) in [4.78, 5) is 24.7. The van der Waals surface area contributed by atoms with Crippen molar-refractivity contribution in [3.8, 4) is 0 Å². The van der Waals surface area contributed by atoms with Crippen LogP contribution in [-0.2, 0) is 6.54 Å². The molecule has 1 aromatic heterocycles. The van der Waals surface area contributed by atoms with Crippen LogP contribution in [0.15, 0.2) is 41.2 Å². The average molecular weight is 433 g/mol. The first kappa shape index (κ1) is 19.9. The number of amides is 2. The molecule has 0 radical (unpaired) electrons. The normalized spacial score (nSPS) is 14.8. The van der Waals surface area contributed by atoms with Gasteiger partial charge in [-0.25, -0.2) is 4.79 Å². The van der Waals surface area contributed by atoms with E-state index in [1.165, 1.54) is 6.42 Å². The molecule has 152 valence electrons. The Morgan fingerprint density at radius 1 is 1.10 bits per heavy atom. The highest BCUT2D eigenvalue weighted by Gasteiger charge is 2.16. The number of halogens is 2. The predicted molar refractivity (Wildman–Crippen MR) is 117 cm³/mol. The SMILES string of the molecule is O=C(Nc1ccc2c(c1)c(=O)[nH]n2Cc1ccc(Cl)cc1Cl)NC1CCCCC1. The molecule has 0 unspecified atom stereocenters. The summed E-state index contributed by atoms with van der Waals surface area (Å²) < 4.78 is 1.73. The lowest BCUT2D eigenvalue weighted by molar-refractivity contribution is 0.244. The smallest absolute Gasteiger partial charge is 0.319 e. The zero-order chi connectivity index (χ0) is 20.4. The highest BCUT2D eigenvalue weighted by Crippen LogP contribution is 2.23. The number of benzene rings is 2. The van der Waals surface area contributed by atoms with E-state index in [0.717, 1.165) is 36.8 Å². The maximum absolute atomic E-state index is 12.4. The van der Waals surface area contributed by atoms with Gasteiger partial charge in [-0.05, 0) is 48.7 Å². The van der Waals surface area contributed by atoms with Crippen molar-refractivity contribution in [3.63, 3.8) is 0 Å². The van der Waals surface area contributed by atoms with Gasteiger partial charge in [0, 0.05) is 21.8 Å². The molecule has 1 saturated carbocycles. The van der Waals surface area contributed by atoms with E-state index in [1.807, 2.05) is 12.1 Å². The molecule has 4 rings (SSSR count). The van der Waals surface area contributed by atoms with Crippen LogP contribution in [0.3, 0.4) is 0 Å². The van der Waals surface area contributed by atoms with Crippen molar-refractivity contribution in [1.82, 2.24) is 15.1 Å². The summed E-state index contributed by atoms with van der Waals surface area (Å²) in [5, 5.41) is 10.3. The third-order valence-corrected chi connectivity index (χ3v) is 5.90. The quantitative estimate of drug-likeness (QED) is 0.533. The molecule has 29 heavy (non-hydrogen) atoms. The Morgan fingerprint density at radius 2 is 1.90 bits per heavy atom. The molecule has 1 aliphatic carbocycles. The van der Waals surface area contributed by atoms with E-state index in [0.29, 0.717) is 27.7 Å². The van der Waals surface area contributed by atoms with Gasteiger partial charge in [0.2, 0.25) is 0 Å². The maximum Gasteiger partial charge on any atom is 0.319 e. The Balaban J connectivity index is 1.51. The molecule has 2 amide bonds. The molecule has 2 aromatic carbocycles. The summed E-state index contributed by atoms with van der Waals surface area (Å²) in [7, 11) is 0. The molecule has 1 aliphatic rings. The topological polar surface area (TPSA) is 78.9 Å². The van der Waals surface area contributed by atoms with E-state index >= 15 is 0 Å². The first-order valence-corrected chi connectivity index (χ1v) is 10.5. The lowest BCUT2D eigenvalue weighted by atomic mass is 9.96. The number of hydrogen-bond acceptors (Lipinski definition) is 2. The monoisotopic (exact) mass is 432 g/mol. The Morgan fingerprint density at radius 3 is 2.66 bits per heavy atom. The number of anilines is 1. The van der Waals surface area contributed by atoms with Gasteiger partial charge in [-0.1, -0.05) is 48.5 Å². The third-order valence-electron chi connectivity index (χ3n) is 5.31. The van der Waals surface area contributed by atoms with Crippen molar-refractivity contribution in [3.05, 3.63) is 62.4 Å². The molecule has 0 atom stereocenters. The van der Waals surface area contributed by atoms with Gasteiger partial charge in [-0.3, -0.25) is 14.6 Å². The Bertz CT molecular complexity index is 1100. The molecular formula is C21H22Cl2N4O2. The van der Waals surface area contributed by atoms with Crippen molar-refractivity contribution >= 4 is 45.8 Å². The Kier molecular flexibility index (Phi) is 5.83. The number of fused-ring (bicyclic) bond motifs is 1. The number of carbonyl (C=O) groups excluding carboxylic acids is 1. The Hall–Kier alpha value is -2.44. The molecule has 3 aromatic rings. The molecule has 0 aliphatic heterocycles. The number of nitrogens with zero attached hydrogens (tertiary/aromatic N) is 1. The van der Waals surface area contributed by atoms with Crippen molar-refractivity contribution in [2.24, 2.45) is 0 Å². The number of urea groups is 1. The van der Waals surface area contributed by atoms with Crippen LogP contribution in [-0.4, -0.2) is 21.9 Å². The molecule has 1 fully saturated rings. The van der Waals surface area contributed by atoms with Gasteiger partial charge >= 0.3 is 6.03 Å². The zero-order valence-electron chi connectivity index (χ0n) is 15.8. The zero-order valence-corrected chi connectivity index (χ0v) is 17.3. The second-order valence-corrected chi connectivity index (χ2v) is 8.27. The molecule has 6 nitrogen and oxygen atoms in total. The van der Waals surface area contributed by atoms with Crippen molar-refractivity contribution in [2.45, 2.75) is 44.7 Å². The van der Waals surface area contributed by atoms with Gasteiger partial charge in [0.1, 0.15) is 0 Å². The lowest BCUT2D eigenvalue weighted by Gasteiger charge is -2.22. The van der Waals surface area contributed by atoms with Gasteiger partial charge in [-0.15, -0.1) is 0 Å². The van der Waals surface area contributed by atoms with Crippen LogP contribution in [0.5, 0.6) is 0 Å². The van der Waals surface area contributed by atoms with E-state index in [1.54, 1.807) is 28.9 Å². The van der Waals surface area contributed by atoms with Crippen molar-refractivity contribution < 1.29 is 4.79 Å². The molecule has 0 spiro atoms. The molecule has 1 heterocycles. The number of H-pyrrole nitrogens is 1. The third kappa shape index (κ3) is 4.60. The fourth-order valence-corrected chi connectivity index (χ4v) is 4.29. The summed E-state index contributed by atoms with van der Waals surface area (Å²) in [5.74, 6) is 0. The molecule has 0 saturated heterocycles. The largest absolute Gasteiger partial charge is 0.335 e. The molecule has 3 N–H and O–H groups in total. The predicted octanol–water partition coefficient (Wildman–Crippen LogP) is 5.14. The van der Waals surface area contributed by atoms with Gasteiger partial charge in [-0.2, -0.15) is 0 Å². The van der Waals surface area contributed by atoms with Crippen molar-refractivity contribution in [1.29, 1.82) is 0 Å². The number of carbonyl (C=O) groups is 1. The number of aromatic amines is 1. The van der Waals surface area contributed by atoms with Crippen LogP contribution >= 0.6 is 23.2 Å². The average Bonchev–Trinajstić information content (AvgIpc) is 3.00. The minimum absolute atomic E-state index is 0.221. The second-order valence-electron chi connectivity index (χ2n) is 7.43. The van der Waals surface area contributed by atoms with Gasteiger partial charge < -0.3 is 10.6 Å². The standard InChI is InChI=1S/C21H22Cl2N4O2/c22-14-7-6-13(18(23)10-14)12-27-19-9-8-16(11-17(19)20(28)26-27)25-21(29)24-15-4-2-1-3-5-15/h6-11,15H,1-5,12H2,(H,26,28)(H2,24,25,29). The molecule has 0 bridgehead atoms. The van der Waals surface area contributed by atoms with Crippen LogP contribution in [0, 0.1) is 0 Å². The van der Waals surface area contributed by atoms with Crippen LogP contribution in [0.25, 0.3) is 10.9 Å². The van der Waals surface area contributed by atoms with E-state index in [-0.39, 0.29) is 17.6 Å². The van der Waals surface area contributed by atoms with Crippen LogP contribution in [0.2, 0.25) is 10.0 Å². The van der Waals surface area contributed by atoms with E-state index < -0.39 is 0 Å². The summed E-state index contributed by atoms with van der Waals surface area (Å²) in [5.41, 5.74) is 1.94. The number of hydrogen-bond donors (Lipinski definition) is 3. The van der Waals surface area contributed by atoms with Gasteiger partial charge in [0.25, 0.3) is 5.56 Å². The fourth-order valence-electron chi connectivity index (χ4n) is 3.82. The first-order chi connectivity index (χ1) is 14.0. The van der Waals surface area contributed by atoms with E-state index in [2.05, 4.69) is 15.7 Å². The lowest BCUT2D eigenvalue weighted by Crippen LogP contribution is -2.39. The number of aromatic nitrogens is 2. The van der Waals surface area contributed by atoms with Gasteiger partial charge in [0.15, 0.2) is 0 Å². The van der Waals surface area contributed by atoms with Crippen LogP contribution in [0.4, 0.5) is 10.5 Å². The van der Waals surface area contributed by atoms with E-state index in [4.69, 9.17) is 23.2 Å². The number of nitrogens with one attached hydrogen (secondary N) is 3. The molecular weight excluding hydrogens is 411 g/mol. The van der Waals surface area contributed by atoms with E-state index in [9.17, 15) is 9.59 Å². The highest BCUT2D eigenvalue weighted by molar-refractivity contribution is 6.35. The van der Waals surface area contributed by atoms with Crippen molar-refractivity contribution in [2.75, 3.05) is 5.32 Å². The van der Waals surface area contributed by atoms with Gasteiger partial charge in [0.05, 0.1) is 17.4 Å². The minimum Gasteiger partial charge on any atom is -0.335 e. The molecule has 8 heteroatoms. The summed E-state index contributed by atoms with van der Waals surface area (Å²) in [6.45, 7) is 0.406. The number of rotatable bonds is 4. The summed E-state index contributed by atoms with van der Waals surface area (Å²) in [6, 6.07) is 10.5. The fraction of sp³-hybridized carbons (Fsp3) is 0.333. The Labute approximate surface area is 178 Å². The minimum atomic E-state index is -0.236. The summed E-state index contributed by atoms with van der Waals surface area (Å²) >= 11 is 12.2. The first-order valence-electron chi connectivity index (χ1n) is 9.73. The summed E-state index contributed by atoms with van der Waals surface area (Å²) in [6.07, 6.45) is 5.57. The highest BCUT2D eigenvalue weighted by atomic mass is 35.5.